The van der Waals surface area contributed by atoms with Crippen molar-refractivity contribution in [3.63, 3.8) is 0 Å². The molecule has 0 aromatic heterocycles. The zero-order valence-electron chi connectivity index (χ0n) is 13.0. The average Bonchev–Trinajstić information content (AvgIpc) is 2.89. The summed E-state index contributed by atoms with van der Waals surface area (Å²) in [5.41, 5.74) is 0.687. The van der Waals surface area contributed by atoms with Crippen LogP contribution in [0.1, 0.15) is 39.0 Å². The Morgan fingerprint density at radius 2 is 2.09 bits per heavy atom. The van der Waals surface area contributed by atoms with E-state index in [1.54, 1.807) is 11.0 Å². The number of rotatable bonds is 7. The van der Waals surface area contributed by atoms with E-state index >= 15 is 0 Å². The molecular formula is C17H23ClN2O2. The van der Waals surface area contributed by atoms with Crippen LogP contribution in [0.25, 0.3) is 0 Å². The van der Waals surface area contributed by atoms with E-state index in [2.05, 4.69) is 12.2 Å². The van der Waals surface area contributed by atoms with Crippen LogP contribution in [0.15, 0.2) is 24.3 Å². The zero-order chi connectivity index (χ0) is 15.9. The van der Waals surface area contributed by atoms with Crippen LogP contribution in [0.2, 0.25) is 5.02 Å². The lowest BCUT2D eigenvalue weighted by molar-refractivity contribution is -0.126. The number of hydrogen-bond acceptors (Lipinski definition) is 2. The fraction of sp³-hybridized carbons (Fsp3) is 0.529. The molecule has 22 heavy (non-hydrogen) atoms. The number of halogens is 1. The molecule has 1 N–H and O–H groups in total. The maximum atomic E-state index is 12.2. The van der Waals surface area contributed by atoms with Gasteiger partial charge in [0.25, 0.3) is 0 Å². The molecule has 0 bridgehead atoms. The van der Waals surface area contributed by atoms with Gasteiger partial charge in [-0.25, -0.2) is 0 Å². The minimum Gasteiger partial charge on any atom is -0.356 e. The second kappa shape index (κ2) is 8.18. The van der Waals surface area contributed by atoms with Crippen LogP contribution < -0.4 is 10.2 Å². The molecule has 2 rings (SSSR count). The molecule has 2 amide bonds. The van der Waals surface area contributed by atoms with Gasteiger partial charge < -0.3 is 10.2 Å². The molecule has 4 nitrogen and oxygen atoms in total. The topological polar surface area (TPSA) is 49.4 Å². The number of anilines is 1. The summed E-state index contributed by atoms with van der Waals surface area (Å²) < 4.78 is 0. The van der Waals surface area contributed by atoms with E-state index in [0.717, 1.165) is 12.8 Å². The summed E-state index contributed by atoms with van der Waals surface area (Å²) in [4.78, 5) is 25.9. The highest BCUT2D eigenvalue weighted by Gasteiger charge is 2.35. The summed E-state index contributed by atoms with van der Waals surface area (Å²) >= 11 is 6.13. The molecule has 1 aliphatic rings. The summed E-state index contributed by atoms with van der Waals surface area (Å²) in [6, 6.07) is 7.24. The number of unbranched alkanes of at least 4 members (excludes halogenated alkanes) is 3. The van der Waals surface area contributed by atoms with Gasteiger partial charge in [0.2, 0.25) is 11.8 Å². The molecule has 5 heteroatoms. The van der Waals surface area contributed by atoms with Gasteiger partial charge in [-0.3, -0.25) is 9.59 Å². The van der Waals surface area contributed by atoms with Crippen molar-refractivity contribution in [2.75, 3.05) is 18.0 Å². The highest BCUT2D eigenvalue weighted by molar-refractivity contribution is 6.33. The molecule has 1 aromatic carbocycles. The number of benzene rings is 1. The van der Waals surface area contributed by atoms with E-state index < -0.39 is 0 Å². The molecule has 0 spiro atoms. The molecule has 0 aliphatic carbocycles. The van der Waals surface area contributed by atoms with Gasteiger partial charge >= 0.3 is 0 Å². The first-order valence-corrected chi connectivity index (χ1v) is 8.34. The van der Waals surface area contributed by atoms with Crippen molar-refractivity contribution >= 4 is 29.1 Å². The summed E-state index contributed by atoms with van der Waals surface area (Å²) in [5, 5.41) is 3.48. The van der Waals surface area contributed by atoms with Crippen LogP contribution in [0.5, 0.6) is 0 Å². The van der Waals surface area contributed by atoms with E-state index in [1.807, 2.05) is 18.2 Å². The Hall–Kier alpha value is -1.55. The molecule has 1 heterocycles. The van der Waals surface area contributed by atoms with Crippen LogP contribution in [0, 0.1) is 5.92 Å². The first-order valence-electron chi connectivity index (χ1n) is 7.96. The number of para-hydroxylation sites is 1. The first-order chi connectivity index (χ1) is 10.6. The molecule has 1 aromatic rings. The molecule has 1 fully saturated rings. The quantitative estimate of drug-likeness (QED) is 0.782. The fourth-order valence-electron chi connectivity index (χ4n) is 2.69. The highest BCUT2D eigenvalue weighted by Crippen LogP contribution is 2.30. The Morgan fingerprint density at radius 3 is 2.82 bits per heavy atom. The molecular weight excluding hydrogens is 300 g/mol. The van der Waals surface area contributed by atoms with Crippen LogP contribution >= 0.6 is 11.6 Å². The van der Waals surface area contributed by atoms with E-state index in [0.29, 0.717) is 23.8 Å². The minimum atomic E-state index is -0.282. The van der Waals surface area contributed by atoms with Crippen molar-refractivity contribution < 1.29 is 9.59 Å². The monoisotopic (exact) mass is 322 g/mol. The van der Waals surface area contributed by atoms with Crippen LogP contribution in [-0.4, -0.2) is 24.9 Å². The summed E-state index contributed by atoms with van der Waals surface area (Å²) in [6.07, 6.45) is 4.75. The molecule has 0 saturated carbocycles. The van der Waals surface area contributed by atoms with Crippen LogP contribution in [0.4, 0.5) is 5.69 Å². The standard InChI is InChI=1S/C17H23ClN2O2/c1-2-3-4-7-10-19-17(22)13-11-16(21)20(12-13)15-9-6-5-8-14(15)18/h5-6,8-9,13H,2-4,7,10-12H2,1H3,(H,19,22). The maximum absolute atomic E-state index is 12.2. The fourth-order valence-corrected chi connectivity index (χ4v) is 2.93. The van der Waals surface area contributed by atoms with Gasteiger partial charge in [-0.2, -0.15) is 0 Å². The Labute approximate surface area is 136 Å². The highest BCUT2D eigenvalue weighted by atomic mass is 35.5. The number of hydrogen-bond donors (Lipinski definition) is 1. The minimum absolute atomic E-state index is 0.0283. The molecule has 1 unspecified atom stereocenters. The van der Waals surface area contributed by atoms with Crippen molar-refractivity contribution in [3.05, 3.63) is 29.3 Å². The third-order valence-electron chi connectivity index (χ3n) is 3.97. The number of nitrogens with one attached hydrogen (secondary N) is 1. The van der Waals surface area contributed by atoms with Gasteiger partial charge in [-0.1, -0.05) is 49.9 Å². The smallest absolute Gasteiger partial charge is 0.227 e. The lowest BCUT2D eigenvalue weighted by Crippen LogP contribution is -2.33. The zero-order valence-corrected chi connectivity index (χ0v) is 13.7. The van der Waals surface area contributed by atoms with E-state index in [9.17, 15) is 9.59 Å². The van der Waals surface area contributed by atoms with Crippen LogP contribution in [-0.2, 0) is 9.59 Å². The molecule has 1 saturated heterocycles. The first kappa shape index (κ1) is 16.8. The maximum Gasteiger partial charge on any atom is 0.227 e. The van der Waals surface area contributed by atoms with Gasteiger partial charge in [0.1, 0.15) is 0 Å². The van der Waals surface area contributed by atoms with E-state index in [1.165, 1.54) is 12.8 Å². The number of amides is 2. The third kappa shape index (κ3) is 4.23. The van der Waals surface area contributed by atoms with Crippen molar-refractivity contribution in [2.24, 2.45) is 5.92 Å². The summed E-state index contributed by atoms with van der Waals surface area (Å²) in [5.74, 6) is -0.353. The van der Waals surface area contributed by atoms with Gasteiger partial charge in [0.05, 0.1) is 16.6 Å². The van der Waals surface area contributed by atoms with E-state index in [4.69, 9.17) is 11.6 Å². The normalized spacial score (nSPS) is 17.8. The molecule has 120 valence electrons. The van der Waals surface area contributed by atoms with Gasteiger partial charge in [-0.15, -0.1) is 0 Å². The summed E-state index contributed by atoms with van der Waals surface area (Å²) in [7, 11) is 0. The summed E-state index contributed by atoms with van der Waals surface area (Å²) in [6.45, 7) is 3.25. The second-order valence-electron chi connectivity index (χ2n) is 5.71. The Morgan fingerprint density at radius 1 is 1.32 bits per heavy atom. The molecule has 0 radical (unpaired) electrons. The van der Waals surface area contributed by atoms with Crippen molar-refractivity contribution in [2.45, 2.75) is 39.0 Å². The van der Waals surface area contributed by atoms with Gasteiger partial charge in [0, 0.05) is 19.5 Å². The molecule has 1 atom stereocenters. The SMILES string of the molecule is CCCCCCNC(=O)C1CC(=O)N(c2ccccc2Cl)C1. The number of carbonyl (C=O) groups is 2. The predicted octanol–water partition coefficient (Wildman–Crippen LogP) is 3.39. The second-order valence-corrected chi connectivity index (χ2v) is 6.12. The van der Waals surface area contributed by atoms with Gasteiger partial charge in [0.15, 0.2) is 0 Å². The van der Waals surface area contributed by atoms with Crippen molar-refractivity contribution in [1.82, 2.24) is 5.32 Å². The largest absolute Gasteiger partial charge is 0.356 e. The van der Waals surface area contributed by atoms with Crippen LogP contribution in [0.3, 0.4) is 0 Å². The predicted molar refractivity (Wildman–Crippen MR) is 89.1 cm³/mol. The third-order valence-corrected chi connectivity index (χ3v) is 4.29. The average molecular weight is 323 g/mol. The van der Waals surface area contributed by atoms with Crippen molar-refractivity contribution in [3.8, 4) is 0 Å². The lowest BCUT2D eigenvalue weighted by atomic mass is 10.1. The van der Waals surface area contributed by atoms with E-state index in [-0.39, 0.29) is 24.2 Å². The Kier molecular flexibility index (Phi) is 6.25. The van der Waals surface area contributed by atoms with Gasteiger partial charge in [-0.05, 0) is 18.6 Å². The lowest BCUT2D eigenvalue weighted by Gasteiger charge is -2.18. The molecule has 1 aliphatic heterocycles. The number of carbonyl (C=O) groups excluding carboxylic acids is 2. The number of nitrogens with zero attached hydrogens (tertiary/aromatic N) is 1. The van der Waals surface area contributed by atoms with Crippen molar-refractivity contribution in [1.29, 1.82) is 0 Å². The Balaban J connectivity index is 1.87. The Bertz CT molecular complexity index is 533.